The Labute approximate surface area is 294 Å². The first-order valence-electron chi connectivity index (χ1n) is 16.2. The third-order valence-corrected chi connectivity index (χ3v) is 11.2. The number of allylic oxidation sites excluding steroid dienone is 3. The fraction of sp³-hybridized carbons (Fsp3) is 0.100. The number of rotatable bonds is 10. The van der Waals surface area contributed by atoms with E-state index in [0.717, 1.165) is 5.70 Å². The van der Waals surface area contributed by atoms with Crippen molar-refractivity contribution in [2.45, 2.75) is 20.3 Å². The lowest BCUT2D eigenvalue weighted by molar-refractivity contribution is 0.0853. The van der Waals surface area contributed by atoms with Crippen LogP contribution in [0.2, 0.25) is 0 Å². The average molecular weight is 701 g/mol. The molecule has 2 aliphatic rings. The van der Waals surface area contributed by atoms with E-state index in [9.17, 15) is 9.59 Å². The van der Waals surface area contributed by atoms with E-state index >= 15 is 0 Å². The fourth-order valence-corrected chi connectivity index (χ4v) is 8.92. The van der Waals surface area contributed by atoms with Gasteiger partial charge in [-0.25, -0.2) is 9.34 Å². The van der Waals surface area contributed by atoms with Gasteiger partial charge in [-0.1, -0.05) is 97.9 Å². The fourth-order valence-electron chi connectivity index (χ4n) is 5.88. The molecule has 7 rings (SSSR count). The minimum Gasteiger partial charge on any atom is -0.422 e. The summed E-state index contributed by atoms with van der Waals surface area (Å²) in [5, 5.41) is 0. The molecule has 0 N–H and O–H groups in total. The zero-order valence-corrected chi connectivity index (χ0v) is 29.3. The van der Waals surface area contributed by atoms with Crippen molar-refractivity contribution in [3.05, 3.63) is 163 Å². The maximum atomic E-state index is 14.1. The summed E-state index contributed by atoms with van der Waals surface area (Å²) in [6.45, 7) is 7.87. The number of carbonyl (C=O) groups is 2. The van der Waals surface area contributed by atoms with Crippen LogP contribution in [0.1, 0.15) is 41.0 Å². The molecule has 0 saturated carbocycles. The Morgan fingerprint density at radius 3 is 1.74 bits per heavy atom. The zero-order chi connectivity index (χ0) is 34.6. The van der Waals surface area contributed by atoms with Gasteiger partial charge in [0.1, 0.15) is 23.0 Å². The lowest BCUT2D eigenvalue weighted by Gasteiger charge is -2.37. The molecule has 3 unspecified atom stereocenters. The SMILES string of the molecule is C=CCC(C)/C(=C\C)N1C(=O)c2ccccc2OP1Oc1ccccc1-c1ccccc1OP1Oc2ccccc2C(=O)N1c1ccccc1. The molecule has 0 radical (unpaired) electrons. The minimum absolute atomic E-state index is 0.00788. The Balaban J connectivity index is 1.26. The predicted molar refractivity (Wildman–Crippen MR) is 198 cm³/mol. The van der Waals surface area contributed by atoms with Crippen LogP contribution < -0.4 is 22.8 Å². The predicted octanol–water partition coefficient (Wildman–Crippen LogP) is 11.0. The van der Waals surface area contributed by atoms with Crippen molar-refractivity contribution in [3.8, 4) is 34.1 Å². The Hall–Kier alpha value is -5.42. The first-order chi connectivity index (χ1) is 24.5. The van der Waals surface area contributed by atoms with Crippen LogP contribution in [0.5, 0.6) is 23.0 Å². The van der Waals surface area contributed by atoms with Gasteiger partial charge < -0.3 is 18.1 Å². The van der Waals surface area contributed by atoms with Gasteiger partial charge in [-0.15, -0.1) is 6.58 Å². The molecule has 5 aromatic carbocycles. The summed E-state index contributed by atoms with van der Waals surface area (Å²) in [5.41, 5.74) is 3.81. The average Bonchev–Trinajstić information content (AvgIpc) is 3.14. The first kappa shape index (κ1) is 33.1. The number of hydrogen-bond acceptors (Lipinski definition) is 6. The van der Waals surface area contributed by atoms with Crippen LogP contribution in [0.3, 0.4) is 0 Å². The number of anilines is 1. The summed E-state index contributed by atoms with van der Waals surface area (Å²) in [7, 11) is -3.92. The van der Waals surface area contributed by atoms with Gasteiger partial charge in [-0.3, -0.25) is 9.59 Å². The summed E-state index contributed by atoms with van der Waals surface area (Å²) in [4.78, 5) is 27.9. The lowest BCUT2D eigenvalue weighted by atomic mass is 10.0. The van der Waals surface area contributed by atoms with E-state index in [4.69, 9.17) is 18.1 Å². The Morgan fingerprint density at radius 1 is 0.680 bits per heavy atom. The molecule has 2 heterocycles. The van der Waals surface area contributed by atoms with Crippen molar-refractivity contribution >= 4 is 34.6 Å². The maximum absolute atomic E-state index is 14.1. The molecule has 2 amide bonds. The molecule has 250 valence electrons. The molecular formula is C40H34N2O6P2. The first-order valence-corrected chi connectivity index (χ1v) is 18.4. The minimum atomic E-state index is -1.96. The molecule has 50 heavy (non-hydrogen) atoms. The largest absolute Gasteiger partial charge is 0.424 e. The molecule has 0 spiro atoms. The van der Waals surface area contributed by atoms with Crippen LogP contribution in [0, 0.1) is 5.92 Å². The van der Waals surface area contributed by atoms with Gasteiger partial charge in [0.25, 0.3) is 11.8 Å². The highest BCUT2D eigenvalue weighted by Crippen LogP contribution is 2.56. The second-order valence-corrected chi connectivity index (χ2v) is 14.0. The van der Waals surface area contributed by atoms with E-state index < -0.39 is 17.1 Å². The van der Waals surface area contributed by atoms with Gasteiger partial charge >= 0.3 is 17.1 Å². The van der Waals surface area contributed by atoms with Gasteiger partial charge in [0.15, 0.2) is 0 Å². The molecular weight excluding hydrogens is 666 g/mol. The van der Waals surface area contributed by atoms with Crippen molar-refractivity contribution in [2.24, 2.45) is 5.92 Å². The molecule has 8 nitrogen and oxygen atoms in total. The lowest BCUT2D eigenvalue weighted by Crippen LogP contribution is -2.34. The molecule has 0 aliphatic carbocycles. The molecule has 0 fully saturated rings. The van der Waals surface area contributed by atoms with Gasteiger partial charge in [0.2, 0.25) is 0 Å². The molecule has 0 bridgehead atoms. The highest BCUT2D eigenvalue weighted by Gasteiger charge is 2.42. The third kappa shape index (κ3) is 6.36. The van der Waals surface area contributed by atoms with Crippen LogP contribution >= 0.6 is 17.1 Å². The van der Waals surface area contributed by atoms with E-state index in [1.165, 1.54) is 0 Å². The van der Waals surface area contributed by atoms with Crippen molar-refractivity contribution in [3.63, 3.8) is 0 Å². The number of amides is 2. The second kappa shape index (κ2) is 14.6. The quantitative estimate of drug-likeness (QED) is 0.107. The number of para-hydroxylation sites is 5. The van der Waals surface area contributed by atoms with Crippen molar-refractivity contribution in [1.82, 2.24) is 4.67 Å². The standard InChI is InChI=1S/C40H34N2O6P2/c1-4-17-28(3)34(5-2)42-40(44)33-23-12-16-27-38(33)48-50(42)46-36-25-14-10-21-31(36)30-20-9-13-24-35(30)45-49-41(29-18-7-6-8-19-29)39(43)32-22-11-15-26-37(32)47-49/h4-16,18-28H,1,17H2,2-3H3/b34-5+. The van der Waals surface area contributed by atoms with Crippen molar-refractivity contribution < 1.29 is 27.7 Å². The molecule has 2 aliphatic heterocycles. The number of fused-ring (bicyclic) bond motifs is 2. The maximum Gasteiger partial charge on any atom is 0.424 e. The van der Waals surface area contributed by atoms with Crippen molar-refractivity contribution in [2.75, 3.05) is 4.67 Å². The van der Waals surface area contributed by atoms with E-state index in [-0.39, 0.29) is 17.7 Å². The van der Waals surface area contributed by atoms with E-state index in [2.05, 4.69) is 13.5 Å². The van der Waals surface area contributed by atoms with E-state index in [0.29, 0.717) is 57.4 Å². The van der Waals surface area contributed by atoms with Crippen LogP contribution in [0.4, 0.5) is 5.69 Å². The number of benzene rings is 5. The molecule has 5 aromatic rings. The molecule has 3 atom stereocenters. The summed E-state index contributed by atoms with van der Waals surface area (Å²) >= 11 is 0. The highest BCUT2D eigenvalue weighted by molar-refractivity contribution is 7.51. The van der Waals surface area contributed by atoms with E-state index in [1.54, 1.807) is 33.6 Å². The summed E-state index contributed by atoms with van der Waals surface area (Å²) in [5.74, 6) is 1.52. The van der Waals surface area contributed by atoms with Gasteiger partial charge in [0, 0.05) is 22.7 Å². The van der Waals surface area contributed by atoms with Gasteiger partial charge in [0.05, 0.1) is 16.8 Å². The molecule has 0 saturated heterocycles. The van der Waals surface area contributed by atoms with Gasteiger partial charge in [-0.2, -0.15) is 0 Å². The Kier molecular flexibility index (Phi) is 9.66. The highest BCUT2D eigenvalue weighted by atomic mass is 31.2. The topological polar surface area (TPSA) is 77.5 Å². The van der Waals surface area contributed by atoms with E-state index in [1.807, 2.05) is 122 Å². The van der Waals surface area contributed by atoms with Crippen LogP contribution in [0.25, 0.3) is 11.1 Å². The molecule has 10 heteroatoms. The number of carbonyl (C=O) groups excluding carboxylic acids is 2. The van der Waals surface area contributed by atoms with Crippen molar-refractivity contribution in [1.29, 1.82) is 0 Å². The summed E-state index contributed by atoms with van der Waals surface area (Å²) in [6.07, 6.45) is 4.45. The van der Waals surface area contributed by atoms with Gasteiger partial charge in [-0.05, 0) is 61.9 Å². The number of hydrogen-bond donors (Lipinski definition) is 0. The monoisotopic (exact) mass is 700 g/mol. The van der Waals surface area contributed by atoms with Crippen LogP contribution in [0.15, 0.2) is 152 Å². The summed E-state index contributed by atoms with van der Waals surface area (Å²) < 4.78 is 29.5. The van der Waals surface area contributed by atoms with Crippen LogP contribution in [-0.2, 0) is 0 Å². The third-order valence-electron chi connectivity index (χ3n) is 8.28. The number of nitrogens with zero attached hydrogens (tertiary/aromatic N) is 2. The molecule has 0 aromatic heterocycles. The van der Waals surface area contributed by atoms with Crippen LogP contribution in [-0.4, -0.2) is 16.5 Å². The Bertz CT molecular complexity index is 2090. The summed E-state index contributed by atoms with van der Waals surface area (Å²) in [6, 6.07) is 38.8. The smallest absolute Gasteiger partial charge is 0.422 e. The zero-order valence-electron chi connectivity index (χ0n) is 27.5. The normalized spacial score (nSPS) is 17.5. The Morgan fingerprint density at radius 2 is 1.16 bits per heavy atom. The second-order valence-electron chi connectivity index (χ2n) is 11.5.